The third kappa shape index (κ3) is 35.5. The molecule has 0 unspecified atom stereocenters. The molecule has 240 valence electrons. The van der Waals surface area contributed by atoms with E-state index in [9.17, 15) is 4.79 Å². The van der Waals surface area contributed by atoms with Gasteiger partial charge in [0.1, 0.15) is 0 Å². The minimum atomic E-state index is 0.0281. The monoisotopic (exact) mass is 565 g/mol. The predicted molar refractivity (Wildman–Crippen MR) is 179 cm³/mol. The van der Waals surface area contributed by atoms with Crippen LogP contribution in [0.25, 0.3) is 0 Å². The first-order valence-corrected chi connectivity index (χ1v) is 18.8. The SMILES string of the molecule is CCCCCCCCCCCCCCCCCCCCCC(=O)OCCCCCCCCCCCCCC(C)C. The number of esters is 1. The standard InChI is InChI=1S/C38H76O2/c1-4-5-6-7-8-9-10-11-12-13-14-15-16-17-20-23-26-29-32-35-38(39)40-36-33-30-27-24-21-18-19-22-25-28-31-34-37(2)3/h37H,4-36H2,1-3H3. The van der Waals surface area contributed by atoms with Gasteiger partial charge < -0.3 is 4.74 Å². The first-order chi connectivity index (χ1) is 19.7. The molecule has 0 aromatic carbocycles. The van der Waals surface area contributed by atoms with Gasteiger partial charge in [-0.3, -0.25) is 4.79 Å². The zero-order chi connectivity index (χ0) is 29.2. The van der Waals surface area contributed by atoms with Gasteiger partial charge in [0.25, 0.3) is 0 Å². The Bertz CT molecular complexity index is 472. The quantitative estimate of drug-likeness (QED) is 0.0574. The van der Waals surface area contributed by atoms with Crippen molar-refractivity contribution in [3.63, 3.8) is 0 Å². The maximum absolute atomic E-state index is 11.9. The summed E-state index contributed by atoms with van der Waals surface area (Å²) in [5.41, 5.74) is 0. The maximum atomic E-state index is 11.9. The van der Waals surface area contributed by atoms with E-state index in [-0.39, 0.29) is 5.97 Å². The molecular weight excluding hydrogens is 488 g/mol. The molecule has 0 N–H and O–H groups in total. The fourth-order valence-electron chi connectivity index (χ4n) is 5.85. The summed E-state index contributed by atoms with van der Waals surface area (Å²) in [7, 11) is 0. The largest absolute Gasteiger partial charge is 0.466 e. The van der Waals surface area contributed by atoms with Crippen LogP contribution in [0, 0.1) is 5.92 Å². The third-order valence-corrected chi connectivity index (χ3v) is 8.67. The van der Waals surface area contributed by atoms with Crippen LogP contribution < -0.4 is 0 Å². The summed E-state index contributed by atoms with van der Waals surface area (Å²) in [5, 5.41) is 0. The number of carbonyl (C=O) groups excluding carboxylic acids is 1. The Morgan fingerprint density at radius 1 is 0.425 bits per heavy atom. The highest BCUT2D eigenvalue weighted by Crippen LogP contribution is 2.16. The van der Waals surface area contributed by atoms with E-state index in [0.717, 1.165) is 18.8 Å². The van der Waals surface area contributed by atoms with E-state index in [2.05, 4.69) is 20.8 Å². The second-order valence-electron chi connectivity index (χ2n) is 13.4. The molecule has 0 amide bonds. The topological polar surface area (TPSA) is 26.3 Å². The summed E-state index contributed by atoms with van der Waals surface area (Å²) in [6.07, 6.45) is 43.1. The summed E-state index contributed by atoms with van der Waals surface area (Å²) < 4.78 is 5.45. The summed E-state index contributed by atoms with van der Waals surface area (Å²) in [4.78, 5) is 11.9. The molecule has 0 aliphatic carbocycles. The Hall–Kier alpha value is -0.530. The predicted octanol–water partition coefficient (Wildman–Crippen LogP) is 13.7. The molecule has 0 aromatic rings. The lowest BCUT2D eigenvalue weighted by Crippen LogP contribution is -2.05. The van der Waals surface area contributed by atoms with Crippen molar-refractivity contribution in [2.45, 2.75) is 226 Å². The molecule has 40 heavy (non-hydrogen) atoms. The molecule has 0 bridgehead atoms. The molecule has 0 radical (unpaired) electrons. The average molecular weight is 565 g/mol. The van der Waals surface area contributed by atoms with Crippen LogP contribution in [0.1, 0.15) is 226 Å². The van der Waals surface area contributed by atoms with E-state index >= 15 is 0 Å². The van der Waals surface area contributed by atoms with E-state index in [0.29, 0.717) is 13.0 Å². The number of hydrogen-bond acceptors (Lipinski definition) is 2. The van der Waals surface area contributed by atoms with E-state index < -0.39 is 0 Å². The van der Waals surface area contributed by atoms with Gasteiger partial charge in [0.05, 0.1) is 6.61 Å². The Morgan fingerprint density at radius 2 is 0.725 bits per heavy atom. The second-order valence-corrected chi connectivity index (χ2v) is 13.4. The first-order valence-electron chi connectivity index (χ1n) is 18.8. The highest BCUT2D eigenvalue weighted by molar-refractivity contribution is 5.69. The number of hydrogen-bond donors (Lipinski definition) is 0. The van der Waals surface area contributed by atoms with Crippen LogP contribution in [-0.2, 0) is 9.53 Å². The molecule has 0 aliphatic heterocycles. The maximum Gasteiger partial charge on any atom is 0.305 e. The average Bonchev–Trinajstić information content (AvgIpc) is 2.94. The lowest BCUT2D eigenvalue weighted by atomic mass is 10.0. The highest BCUT2D eigenvalue weighted by atomic mass is 16.5. The van der Waals surface area contributed by atoms with Crippen molar-refractivity contribution in [2.75, 3.05) is 6.61 Å². The Morgan fingerprint density at radius 3 is 1.07 bits per heavy atom. The minimum Gasteiger partial charge on any atom is -0.466 e. The van der Waals surface area contributed by atoms with Crippen LogP contribution in [0.4, 0.5) is 0 Å². The molecule has 2 nitrogen and oxygen atoms in total. The summed E-state index contributed by atoms with van der Waals surface area (Å²) in [6.45, 7) is 7.58. The van der Waals surface area contributed by atoms with Crippen LogP contribution in [0.5, 0.6) is 0 Å². The van der Waals surface area contributed by atoms with Crippen LogP contribution in [0.2, 0.25) is 0 Å². The summed E-state index contributed by atoms with van der Waals surface area (Å²) in [5.74, 6) is 0.896. The van der Waals surface area contributed by atoms with E-state index in [4.69, 9.17) is 4.74 Å². The normalized spacial score (nSPS) is 11.5. The van der Waals surface area contributed by atoms with Crippen molar-refractivity contribution in [1.82, 2.24) is 0 Å². The Balaban J connectivity index is 3.15. The van der Waals surface area contributed by atoms with Crippen molar-refractivity contribution in [1.29, 1.82) is 0 Å². The van der Waals surface area contributed by atoms with Crippen molar-refractivity contribution in [3.05, 3.63) is 0 Å². The number of carbonyl (C=O) groups is 1. The minimum absolute atomic E-state index is 0.0281. The molecule has 0 saturated heterocycles. The van der Waals surface area contributed by atoms with Crippen LogP contribution >= 0.6 is 0 Å². The zero-order valence-electron chi connectivity index (χ0n) is 28.2. The molecule has 0 spiro atoms. The van der Waals surface area contributed by atoms with Crippen molar-refractivity contribution in [2.24, 2.45) is 5.92 Å². The van der Waals surface area contributed by atoms with Gasteiger partial charge in [-0.1, -0.05) is 207 Å². The highest BCUT2D eigenvalue weighted by Gasteiger charge is 2.03. The number of unbranched alkanes of at least 4 members (excludes halogenated alkanes) is 28. The van der Waals surface area contributed by atoms with Gasteiger partial charge in [0.15, 0.2) is 0 Å². The lowest BCUT2D eigenvalue weighted by molar-refractivity contribution is -0.143. The molecule has 0 saturated carbocycles. The van der Waals surface area contributed by atoms with Gasteiger partial charge in [-0.15, -0.1) is 0 Å². The van der Waals surface area contributed by atoms with Gasteiger partial charge >= 0.3 is 5.97 Å². The molecule has 2 heteroatoms. The van der Waals surface area contributed by atoms with Gasteiger partial charge in [0.2, 0.25) is 0 Å². The fourth-order valence-corrected chi connectivity index (χ4v) is 5.85. The van der Waals surface area contributed by atoms with Crippen molar-refractivity contribution >= 4 is 5.97 Å². The third-order valence-electron chi connectivity index (χ3n) is 8.67. The van der Waals surface area contributed by atoms with Gasteiger partial charge in [-0.25, -0.2) is 0 Å². The van der Waals surface area contributed by atoms with Crippen LogP contribution in [0.15, 0.2) is 0 Å². The van der Waals surface area contributed by atoms with Gasteiger partial charge in [-0.05, 0) is 18.8 Å². The zero-order valence-corrected chi connectivity index (χ0v) is 28.2. The molecule has 0 atom stereocenters. The molecule has 0 fully saturated rings. The van der Waals surface area contributed by atoms with Crippen LogP contribution in [0.3, 0.4) is 0 Å². The summed E-state index contributed by atoms with van der Waals surface area (Å²) >= 11 is 0. The first kappa shape index (κ1) is 39.5. The van der Waals surface area contributed by atoms with Crippen molar-refractivity contribution in [3.8, 4) is 0 Å². The smallest absolute Gasteiger partial charge is 0.305 e. The Labute approximate surface area is 254 Å². The lowest BCUT2D eigenvalue weighted by Gasteiger charge is -2.06. The molecule has 0 heterocycles. The van der Waals surface area contributed by atoms with E-state index in [1.807, 2.05) is 0 Å². The van der Waals surface area contributed by atoms with E-state index in [1.54, 1.807) is 0 Å². The molecular formula is C38H76O2. The van der Waals surface area contributed by atoms with Crippen LogP contribution in [-0.4, -0.2) is 12.6 Å². The Kier molecular flexibility index (Phi) is 34.2. The second kappa shape index (κ2) is 34.7. The molecule has 0 aromatic heterocycles. The number of rotatable bonds is 34. The fraction of sp³-hybridized carbons (Fsp3) is 0.974. The summed E-state index contributed by atoms with van der Waals surface area (Å²) in [6, 6.07) is 0. The number of ether oxygens (including phenoxy) is 1. The molecule has 0 rings (SSSR count). The van der Waals surface area contributed by atoms with Crippen molar-refractivity contribution < 1.29 is 9.53 Å². The van der Waals surface area contributed by atoms with E-state index in [1.165, 1.54) is 186 Å². The van der Waals surface area contributed by atoms with Gasteiger partial charge in [0, 0.05) is 6.42 Å². The molecule has 0 aliphatic rings. The van der Waals surface area contributed by atoms with Gasteiger partial charge in [-0.2, -0.15) is 0 Å².